The summed E-state index contributed by atoms with van der Waals surface area (Å²) in [5.74, 6) is 1.10. The fourth-order valence-corrected chi connectivity index (χ4v) is 2.27. The zero-order chi connectivity index (χ0) is 10.9. The van der Waals surface area contributed by atoms with Crippen LogP contribution in [0.3, 0.4) is 0 Å². The molecule has 0 saturated heterocycles. The first-order valence-electron chi connectivity index (χ1n) is 7.04. The highest BCUT2D eigenvalue weighted by Gasteiger charge is 2.21. The molecule has 0 aromatic rings. The fourth-order valence-electron chi connectivity index (χ4n) is 2.27. The van der Waals surface area contributed by atoms with Crippen molar-refractivity contribution in [3.63, 3.8) is 0 Å². The van der Waals surface area contributed by atoms with Crippen LogP contribution in [0.5, 0.6) is 0 Å². The molecule has 1 aliphatic rings. The Balaban J connectivity index is 1.90. The summed E-state index contributed by atoms with van der Waals surface area (Å²) in [5, 5.41) is 3.48. The minimum absolute atomic E-state index is 0.798. The second kappa shape index (κ2) is 8.15. The number of hydrogen-bond acceptors (Lipinski definition) is 1. The van der Waals surface area contributed by atoms with Gasteiger partial charge >= 0.3 is 0 Å². The molecule has 1 nitrogen and oxygen atoms in total. The standard InChI is InChI=1S/C14H29N/c1-3-4-5-6-7-8-14(15-2)12-11-13-9-10-13/h13-15H,3-12H2,1-2H3. The van der Waals surface area contributed by atoms with E-state index in [0.29, 0.717) is 0 Å². The maximum absolute atomic E-state index is 3.48. The van der Waals surface area contributed by atoms with E-state index in [-0.39, 0.29) is 0 Å². The van der Waals surface area contributed by atoms with Gasteiger partial charge in [-0.1, -0.05) is 51.9 Å². The van der Waals surface area contributed by atoms with Crippen LogP contribution >= 0.6 is 0 Å². The Morgan fingerprint density at radius 3 is 2.40 bits per heavy atom. The van der Waals surface area contributed by atoms with Crippen LogP contribution in [-0.4, -0.2) is 13.1 Å². The highest BCUT2D eigenvalue weighted by atomic mass is 14.9. The van der Waals surface area contributed by atoms with Crippen LogP contribution in [0.4, 0.5) is 0 Å². The molecular weight excluding hydrogens is 182 g/mol. The van der Waals surface area contributed by atoms with Crippen LogP contribution in [0.2, 0.25) is 0 Å². The van der Waals surface area contributed by atoms with E-state index in [1.807, 2.05) is 0 Å². The third-order valence-electron chi connectivity index (χ3n) is 3.68. The first-order valence-corrected chi connectivity index (χ1v) is 7.04. The fraction of sp³-hybridized carbons (Fsp3) is 1.00. The summed E-state index contributed by atoms with van der Waals surface area (Å²) in [5.41, 5.74) is 0. The van der Waals surface area contributed by atoms with Gasteiger partial charge in [-0.2, -0.15) is 0 Å². The van der Waals surface area contributed by atoms with Crippen LogP contribution in [0, 0.1) is 5.92 Å². The average Bonchev–Trinajstić information content (AvgIpc) is 3.06. The van der Waals surface area contributed by atoms with Crippen molar-refractivity contribution in [1.29, 1.82) is 0 Å². The van der Waals surface area contributed by atoms with E-state index in [4.69, 9.17) is 0 Å². The Morgan fingerprint density at radius 1 is 1.07 bits per heavy atom. The van der Waals surface area contributed by atoms with Crippen molar-refractivity contribution in [2.45, 2.75) is 77.2 Å². The van der Waals surface area contributed by atoms with Crippen LogP contribution in [0.1, 0.15) is 71.1 Å². The molecule has 1 fully saturated rings. The van der Waals surface area contributed by atoms with E-state index in [0.717, 1.165) is 12.0 Å². The Bertz CT molecular complexity index is 140. The number of rotatable bonds is 10. The third kappa shape index (κ3) is 6.94. The van der Waals surface area contributed by atoms with Gasteiger partial charge in [-0.3, -0.25) is 0 Å². The van der Waals surface area contributed by atoms with Crippen LogP contribution in [0.25, 0.3) is 0 Å². The van der Waals surface area contributed by atoms with Gasteiger partial charge in [0.05, 0.1) is 0 Å². The minimum atomic E-state index is 0.798. The van der Waals surface area contributed by atoms with Crippen LogP contribution < -0.4 is 5.32 Å². The van der Waals surface area contributed by atoms with Crippen molar-refractivity contribution in [3.05, 3.63) is 0 Å². The van der Waals surface area contributed by atoms with Gasteiger partial charge in [0, 0.05) is 6.04 Å². The number of nitrogens with one attached hydrogen (secondary N) is 1. The van der Waals surface area contributed by atoms with E-state index in [1.165, 1.54) is 64.2 Å². The van der Waals surface area contributed by atoms with Gasteiger partial charge in [0.2, 0.25) is 0 Å². The van der Waals surface area contributed by atoms with Gasteiger partial charge in [0.25, 0.3) is 0 Å². The van der Waals surface area contributed by atoms with E-state index in [1.54, 1.807) is 0 Å². The second-order valence-electron chi connectivity index (χ2n) is 5.21. The van der Waals surface area contributed by atoms with Crippen molar-refractivity contribution in [2.24, 2.45) is 5.92 Å². The molecule has 1 rings (SSSR count). The largest absolute Gasteiger partial charge is 0.317 e. The summed E-state index contributed by atoms with van der Waals surface area (Å²) in [6.45, 7) is 2.28. The topological polar surface area (TPSA) is 12.0 Å². The molecule has 0 aromatic heterocycles. The Hall–Kier alpha value is -0.0400. The maximum Gasteiger partial charge on any atom is 0.00641 e. The molecule has 1 aliphatic carbocycles. The van der Waals surface area contributed by atoms with Crippen molar-refractivity contribution in [2.75, 3.05) is 7.05 Å². The Labute approximate surface area is 96.0 Å². The first-order chi connectivity index (χ1) is 7.36. The van der Waals surface area contributed by atoms with Crippen molar-refractivity contribution in [1.82, 2.24) is 5.32 Å². The SMILES string of the molecule is CCCCCCCC(CCC1CC1)NC. The quantitative estimate of drug-likeness (QED) is 0.536. The molecule has 1 N–H and O–H groups in total. The first kappa shape index (κ1) is 13.0. The van der Waals surface area contributed by atoms with Gasteiger partial charge < -0.3 is 5.32 Å². The third-order valence-corrected chi connectivity index (χ3v) is 3.68. The summed E-state index contributed by atoms with van der Waals surface area (Å²) < 4.78 is 0. The maximum atomic E-state index is 3.48. The molecule has 1 heteroatoms. The lowest BCUT2D eigenvalue weighted by molar-refractivity contribution is 0.438. The predicted molar refractivity (Wildman–Crippen MR) is 68.2 cm³/mol. The molecule has 0 heterocycles. The number of unbranched alkanes of at least 4 members (excludes halogenated alkanes) is 4. The molecule has 1 atom stereocenters. The van der Waals surface area contributed by atoms with E-state index < -0.39 is 0 Å². The normalized spacial score (nSPS) is 18.0. The molecule has 0 bridgehead atoms. The molecule has 0 aliphatic heterocycles. The van der Waals surface area contributed by atoms with E-state index in [2.05, 4.69) is 19.3 Å². The summed E-state index contributed by atoms with van der Waals surface area (Å²) in [7, 11) is 2.13. The van der Waals surface area contributed by atoms with Gasteiger partial charge in [-0.25, -0.2) is 0 Å². The van der Waals surface area contributed by atoms with E-state index in [9.17, 15) is 0 Å². The zero-order valence-corrected chi connectivity index (χ0v) is 10.7. The molecule has 15 heavy (non-hydrogen) atoms. The van der Waals surface area contributed by atoms with Crippen LogP contribution in [0.15, 0.2) is 0 Å². The van der Waals surface area contributed by atoms with Crippen LogP contribution in [-0.2, 0) is 0 Å². The van der Waals surface area contributed by atoms with Crippen molar-refractivity contribution >= 4 is 0 Å². The Morgan fingerprint density at radius 2 is 1.80 bits per heavy atom. The average molecular weight is 211 g/mol. The monoisotopic (exact) mass is 211 g/mol. The summed E-state index contributed by atoms with van der Waals surface area (Å²) in [6, 6.07) is 0.798. The molecule has 0 amide bonds. The van der Waals surface area contributed by atoms with Gasteiger partial charge in [0.1, 0.15) is 0 Å². The van der Waals surface area contributed by atoms with Gasteiger partial charge in [-0.05, 0) is 32.2 Å². The van der Waals surface area contributed by atoms with Gasteiger partial charge in [0.15, 0.2) is 0 Å². The van der Waals surface area contributed by atoms with Crippen molar-refractivity contribution < 1.29 is 0 Å². The molecule has 1 unspecified atom stereocenters. The summed E-state index contributed by atoms with van der Waals surface area (Å²) >= 11 is 0. The molecule has 90 valence electrons. The molecule has 0 spiro atoms. The smallest absolute Gasteiger partial charge is 0.00641 e. The highest BCUT2D eigenvalue weighted by Crippen LogP contribution is 2.34. The summed E-state index contributed by atoms with van der Waals surface area (Å²) in [4.78, 5) is 0. The molecule has 0 radical (unpaired) electrons. The zero-order valence-electron chi connectivity index (χ0n) is 10.7. The number of hydrogen-bond donors (Lipinski definition) is 1. The van der Waals surface area contributed by atoms with Crippen molar-refractivity contribution in [3.8, 4) is 0 Å². The van der Waals surface area contributed by atoms with E-state index >= 15 is 0 Å². The molecular formula is C14H29N. The molecule has 0 aromatic carbocycles. The predicted octanol–water partition coefficient (Wildman–Crippen LogP) is 4.13. The van der Waals surface area contributed by atoms with Gasteiger partial charge in [-0.15, -0.1) is 0 Å². The Kier molecular flexibility index (Phi) is 7.08. The lowest BCUT2D eigenvalue weighted by Crippen LogP contribution is -2.25. The lowest BCUT2D eigenvalue weighted by atomic mass is 10.0. The second-order valence-corrected chi connectivity index (χ2v) is 5.21. The molecule has 1 saturated carbocycles. The summed E-state index contributed by atoms with van der Waals surface area (Å²) in [6.07, 6.45) is 14.4. The highest BCUT2D eigenvalue weighted by molar-refractivity contribution is 4.76. The minimum Gasteiger partial charge on any atom is -0.317 e. The lowest BCUT2D eigenvalue weighted by Gasteiger charge is -2.15.